The zero-order valence-electron chi connectivity index (χ0n) is 24.1. The number of urea groups is 1. The molecule has 0 bridgehead atoms. The second kappa shape index (κ2) is 11.8. The summed E-state index contributed by atoms with van der Waals surface area (Å²) in [6.45, 7) is 3.17. The number of piperazine rings is 1. The Kier molecular flexibility index (Phi) is 7.96. The summed E-state index contributed by atoms with van der Waals surface area (Å²) in [4.78, 5) is 46.3. The third kappa shape index (κ3) is 5.95. The number of aromatic nitrogens is 4. The van der Waals surface area contributed by atoms with Crippen LogP contribution in [-0.4, -0.2) is 92.3 Å². The zero-order valence-corrected chi connectivity index (χ0v) is 24.8. The molecule has 4 heterocycles. The Morgan fingerprint density at radius 1 is 1.13 bits per heavy atom. The van der Waals surface area contributed by atoms with Crippen molar-refractivity contribution in [3.63, 3.8) is 0 Å². The summed E-state index contributed by atoms with van der Waals surface area (Å²) in [6.07, 6.45) is 2.77. The second-order valence-corrected chi connectivity index (χ2v) is 11.6. The molecule has 0 radical (unpaired) electrons. The largest absolute Gasteiger partial charge is 0.435 e. The number of piperidine rings is 1. The van der Waals surface area contributed by atoms with E-state index in [-0.39, 0.29) is 57.9 Å². The molecule has 12 nitrogen and oxygen atoms in total. The van der Waals surface area contributed by atoms with Crippen LogP contribution in [0.5, 0.6) is 0 Å². The molecule has 1 saturated carbocycles. The maximum atomic E-state index is 13.7. The Labute approximate surface area is 260 Å². The van der Waals surface area contributed by atoms with Crippen LogP contribution in [0.2, 0.25) is 5.02 Å². The lowest BCUT2D eigenvalue weighted by molar-refractivity contribution is -0.141. The van der Waals surface area contributed by atoms with Gasteiger partial charge in [-0.1, -0.05) is 17.5 Å². The molecule has 1 aromatic carbocycles. The van der Waals surface area contributed by atoms with Crippen LogP contribution in [0.1, 0.15) is 26.7 Å². The third-order valence-corrected chi connectivity index (χ3v) is 8.76. The van der Waals surface area contributed by atoms with Crippen LogP contribution < -0.4 is 16.0 Å². The Morgan fingerprint density at radius 2 is 1.82 bits per heavy atom. The van der Waals surface area contributed by atoms with Gasteiger partial charge in [-0.25, -0.2) is 9.78 Å². The van der Waals surface area contributed by atoms with Gasteiger partial charge >= 0.3 is 12.2 Å². The molecule has 3 fully saturated rings. The first-order chi connectivity index (χ1) is 21.5. The number of halogens is 4. The van der Waals surface area contributed by atoms with Crippen molar-refractivity contribution in [3.05, 3.63) is 52.7 Å². The number of rotatable bonds is 6. The summed E-state index contributed by atoms with van der Waals surface area (Å²) in [5, 5.41) is 12.7. The molecule has 3 aliphatic rings. The van der Waals surface area contributed by atoms with Gasteiger partial charge in [-0.05, 0) is 30.0 Å². The lowest BCUT2D eigenvalue weighted by Gasteiger charge is -2.35. The van der Waals surface area contributed by atoms with Crippen LogP contribution in [0, 0.1) is 24.2 Å². The molecule has 0 spiro atoms. The molecular weight excluding hydrogens is 615 g/mol. The first-order valence-corrected chi connectivity index (χ1v) is 14.6. The Hall–Kier alpha value is -4.55. The molecule has 2 saturated heterocycles. The second-order valence-electron chi connectivity index (χ2n) is 11.2. The Bertz CT molecular complexity index is 1690. The van der Waals surface area contributed by atoms with Gasteiger partial charge in [-0.2, -0.15) is 18.3 Å². The van der Waals surface area contributed by atoms with Crippen molar-refractivity contribution >= 4 is 35.1 Å². The smallest absolute Gasteiger partial charge is 0.335 e. The number of carbonyl (C=O) groups excluding carboxylic acids is 3. The number of nitrogens with one attached hydrogen (secondary N) is 3. The van der Waals surface area contributed by atoms with E-state index < -0.39 is 17.8 Å². The lowest BCUT2D eigenvalue weighted by Crippen LogP contribution is -2.54. The molecule has 2 aliphatic heterocycles. The van der Waals surface area contributed by atoms with Crippen molar-refractivity contribution in [3.8, 4) is 23.6 Å². The molecule has 16 heteroatoms. The number of anilines is 1. The van der Waals surface area contributed by atoms with Gasteiger partial charge in [-0.15, -0.1) is 6.42 Å². The highest BCUT2D eigenvalue weighted by Gasteiger charge is 2.54. The minimum atomic E-state index is -4.76. The normalized spacial score (nSPS) is 20.8. The molecule has 2 aromatic heterocycles. The fraction of sp³-hybridized carbons (Fsp3) is 0.414. The fourth-order valence-electron chi connectivity index (χ4n) is 5.97. The first-order valence-electron chi connectivity index (χ1n) is 14.2. The summed E-state index contributed by atoms with van der Waals surface area (Å²) in [5.41, 5.74) is -0.927. The number of carbonyl (C=O) groups is 3. The first kappa shape index (κ1) is 30.5. The van der Waals surface area contributed by atoms with E-state index in [1.165, 1.54) is 29.8 Å². The van der Waals surface area contributed by atoms with Gasteiger partial charge in [0, 0.05) is 64.2 Å². The number of alkyl halides is 3. The van der Waals surface area contributed by atoms with Gasteiger partial charge in [-0.3, -0.25) is 14.3 Å². The van der Waals surface area contributed by atoms with Gasteiger partial charge in [0.1, 0.15) is 6.54 Å². The summed E-state index contributed by atoms with van der Waals surface area (Å²) in [6, 6.07) is 4.50. The fourth-order valence-corrected chi connectivity index (χ4v) is 6.23. The molecule has 4 amide bonds. The maximum absolute atomic E-state index is 13.7. The standard InChI is InChI=1S/C29H29ClF3N9O3/c1-3-6-42-15-20(24(38-42)29(31,32)33)22-14-35-25(39(22)2)26(43)36-16-4-5-17(21(30)11-16)27(44)40-7-9-41(10-8-40)28(45)37-23-18-12-34-13-19(18)23/h1,4-5,11,14-15,18-19,23,34H,6-10,12-13H2,2H3,(H,36,43)(H,37,45). The van der Waals surface area contributed by atoms with E-state index >= 15 is 0 Å². The van der Waals surface area contributed by atoms with E-state index in [1.807, 2.05) is 0 Å². The van der Waals surface area contributed by atoms with Gasteiger partial charge < -0.3 is 30.3 Å². The highest BCUT2D eigenvalue weighted by Crippen LogP contribution is 2.41. The predicted octanol–water partition coefficient (Wildman–Crippen LogP) is 2.53. The van der Waals surface area contributed by atoms with Gasteiger partial charge in [0.15, 0.2) is 11.5 Å². The van der Waals surface area contributed by atoms with Crippen molar-refractivity contribution < 1.29 is 27.6 Å². The van der Waals surface area contributed by atoms with Crippen LogP contribution >= 0.6 is 11.6 Å². The molecular formula is C29H29ClF3N9O3. The van der Waals surface area contributed by atoms with E-state index in [9.17, 15) is 27.6 Å². The van der Waals surface area contributed by atoms with Crippen LogP contribution in [0.25, 0.3) is 11.3 Å². The van der Waals surface area contributed by atoms with E-state index in [0.717, 1.165) is 30.2 Å². The number of terminal acetylenes is 1. The minimum Gasteiger partial charge on any atom is -0.335 e. The van der Waals surface area contributed by atoms with Gasteiger partial charge in [0.2, 0.25) is 0 Å². The SMILES string of the molecule is C#CCn1cc(-c2cnc(C(=O)Nc3ccc(C(=O)N4CCN(C(=O)NC5C6CNCC65)CC4)c(Cl)c3)n2C)c(C(F)(F)F)n1. The van der Waals surface area contributed by atoms with E-state index in [2.05, 4.69) is 32.0 Å². The van der Waals surface area contributed by atoms with E-state index in [1.54, 1.807) is 9.80 Å². The van der Waals surface area contributed by atoms with Crippen molar-refractivity contribution in [2.75, 3.05) is 44.6 Å². The number of nitrogens with zero attached hydrogens (tertiary/aromatic N) is 6. The van der Waals surface area contributed by atoms with Gasteiger partial charge in [0.25, 0.3) is 11.8 Å². The van der Waals surface area contributed by atoms with Crippen LogP contribution in [0.4, 0.5) is 23.7 Å². The van der Waals surface area contributed by atoms with Crippen LogP contribution in [0.15, 0.2) is 30.6 Å². The number of amides is 4. The molecule has 3 aromatic rings. The summed E-state index contributed by atoms with van der Waals surface area (Å²) >= 11 is 6.44. The lowest BCUT2D eigenvalue weighted by atomic mass is 10.1. The number of fused-ring (bicyclic) bond motifs is 1. The molecule has 6 rings (SSSR count). The summed E-state index contributed by atoms with van der Waals surface area (Å²) < 4.78 is 43.2. The molecule has 2 unspecified atom stereocenters. The number of imidazole rings is 1. The van der Waals surface area contributed by atoms with Gasteiger partial charge in [0.05, 0.1) is 28.0 Å². The summed E-state index contributed by atoms with van der Waals surface area (Å²) in [7, 11) is 1.41. The Balaban J connectivity index is 1.08. The molecule has 3 N–H and O–H groups in total. The number of hydrogen-bond donors (Lipinski definition) is 3. The van der Waals surface area contributed by atoms with E-state index in [0.29, 0.717) is 38.0 Å². The van der Waals surface area contributed by atoms with Crippen molar-refractivity contribution in [1.29, 1.82) is 0 Å². The number of benzene rings is 1. The van der Waals surface area contributed by atoms with Crippen LogP contribution in [0.3, 0.4) is 0 Å². The third-order valence-electron chi connectivity index (χ3n) is 8.44. The maximum Gasteiger partial charge on any atom is 0.435 e. The highest BCUT2D eigenvalue weighted by atomic mass is 35.5. The molecule has 45 heavy (non-hydrogen) atoms. The Morgan fingerprint density at radius 3 is 2.47 bits per heavy atom. The average Bonchev–Trinajstić information content (AvgIpc) is 3.43. The van der Waals surface area contributed by atoms with Crippen molar-refractivity contribution in [2.45, 2.75) is 18.8 Å². The monoisotopic (exact) mass is 643 g/mol. The quantitative estimate of drug-likeness (QED) is 0.354. The topological polar surface area (TPSA) is 129 Å². The highest BCUT2D eigenvalue weighted by molar-refractivity contribution is 6.34. The molecule has 1 aliphatic carbocycles. The van der Waals surface area contributed by atoms with E-state index in [4.69, 9.17) is 18.0 Å². The number of hydrogen-bond acceptors (Lipinski definition) is 6. The van der Waals surface area contributed by atoms with Crippen LogP contribution in [-0.2, 0) is 19.8 Å². The summed E-state index contributed by atoms with van der Waals surface area (Å²) in [5.74, 6) is 2.08. The van der Waals surface area contributed by atoms with Crippen molar-refractivity contribution in [2.24, 2.45) is 18.9 Å². The average molecular weight is 644 g/mol. The zero-order chi connectivity index (χ0) is 32.0. The molecule has 236 valence electrons. The molecule has 2 atom stereocenters. The van der Waals surface area contributed by atoms with Crippen molar-refractivity contribution in [1.82, 2.24) is 39.8 Å². The predicted molar refractivity (Wildman–Crippen MR) is 157 cm³/mol. The minimum absolute atomic E-state index is 0.0136.